The van der Waals surface area contributed by atoms with E-state index in [-0.39, 0.29) is 17.2 Å². The summed E-state index contributed by atoms with van der Waals surface area (Å²) in [6.45, 7) is 3.36. The van der Waals surface area contributed by atoms with Crippen LogP contribution in [0.2, 0.25) is 0 Å². The zero-order chi connectivity index (χ0) is 19.8. The van der Waals surface area contributed by atoms with Gasteiger partial charge in [0.25, 0.3) is 5.91 Å². The molecule has 0 bridgehead atoms. The van der Waals surface area contributed by atoms with Crippen LogP contribution in [0.15, 0.2) is 30.3 Å². The standard InChI is InChI=1S/C20H21FN6O/c1-11-4-8-15(24-18-10-16(13-5-6-13)26-27(18)3)19(22-11)20(28)25-17-9-7-14(21)12(2)23-17/h4,7-10,13,24H,5-6H2,1-3H3,(H,23,25,28). The topological polar surface area (TPSA) is 84.7 Å². The molecule has 144 valence electrons. The van der Waals surface area contributed by atoms with E-state index in [9.17, 15) is 9.18 Å². The first-order chi connectivity index (χ1) is 13.4. The molecule has 1 fully saturated rings. The van der Waals surface area contributed by atoms with Crippen LogP contribution >= 0.6 is 0 Å². The predicted molar refractivity (Wildman–Crippen MR) is 104 cm³/mol. The van der Waals surface area contributed by atoms with Gasteiger partial charge in [-0.3, -0.25) is 9.48 Å². The van der Waals surface area contributed by atoms with Gasteiger partial charge in [-0.05, 0) is 51.0 Å². The lowest BCUT2D eigenvalue weighted by molar-refractivity contribution is 0.102. The van der Waals surface area contributed by atoms with Gasteiger partial charge in [-0.25, -0.2) is 14.4 Å². The lowest BCUT2D eigenvalue weighted by Gasteiger charge is -2.12. The Kier molecular flexibility index (Phi) is 4.54. The number of aryl methyl sites for hydroxylation is 3. The fourth-order valence-corrected chi connectivity index (χ4v) is 2.94. The van der Waals surface area contributed by atoms with Gasteiger partial charge in [0, 0.05) is 24.7 Å². The molecule has 1 aliphatic rings. The number of pyridine rings is 2. The molecule has 0 unspecified atom stereocenters. The fraction of sp³-hybridized carbons (Fsp3) is 0.300. The Morgan fingerprint density at radius 3 is 2.68 bits per heavy atom. The van der Waals surface area contributed by atoms with E-state index in [1.54, 1.807) is 11.6 Å². The second-order valence-electron chi connectivity index (χ2n) is 7.04. The van der Waals surface area contributed by atoms with Crippen molar-refractivity contribution in [2.75, 3.05) is 10.6 Å². The van der Waals surface area contributed by atoms with Crippen LogP contribution in [0.1, 0.15) is 46.3 Å². The van der Waals surface area contributed by atoms with Crippen molar-refractivity contribution in [1.82, 2.24) is 19.7 Å². The number of nitrogens with zero attached hydrogens (tertiary/aromatic N) is 4. The van der Waals surface area contributed by atoms with Crippen LogP contribution in [0, 0.1) is 19.7 Å². The van der Waals surface area contributed by atoms with Crippen molar-refractivity contribution >= 4 is 23.2 Å². The number of anilines is 3. The van der Waals surface area contributed by atoms with E-state index in [2.05, 4.69) is 25.7 Å². The number of carbonyl (C=O) groups excluding carboxylic acids is 1. The van der Waals surface area contributed by atoms with Crippen molar-refractivity contribution in [3.8, 4) is 0 Å². The number of aromatic nitrogens is 4. The predicted octanol–water partition coefficient (Wildman–Crippen LogP) is 3.84. The number of nitrogens with one attached hydrogen (secondary N) is 2. The molecule has 0 radical (unpaired) electrons. The molecular weight excluding hydrogens is 359 g/mol. The minimum atomic E-state index is -0.422. The third-order valence-electron chi connectivity index (χ3n) is 4.67. The Hall–Kier alpha value is -3.29. The number of carbonyl (C=O) groups is 1. The smallest absolute Gasteiger partial charge is 0.277 e. The molecule has 3 aromatic heterocycles. The molecule has 1 amide bonds. The molecule has 2 N–H and O–H groups in total. The van der Waals surface area contributed by atoms with Crippen LogP contribution in [-0.4, -0.2) is 25.7 Å². The number of halogens is 1. The first-order valence-corrected chi connectivity index (χ1v) is 9.14. The molecule has 28 heavy (non-hydrogen) atoms. The van der Waals surface area contributed by atoms with Crippen LogP contribution < -0.4 is 10.6 Å². The zero-order valence-electron chi connectivity index (χ0n) is 16.0. The molecule has 1 saturated carbocycles. The quantitative estimate of drug-likeness (QED) is 0.703. The van der Waals surface area contributed by atoms with Crippen LogP contribution in [0.3, 0.4) is 0 Å². The molecule has 0 aliphatic heterocycles. The summed E-state index contributed by atoms with van der Waals surface area (Å²) in [6, 6.07) is 8.34. The van der Waals surface area contributed by atoms with Gasteiger partial charge < -0.3 is 10.6 Å². The van der Waals surface area contributed by atoms with Gasteiger partial charge in [-0.15, -0.1) is 0 Å². The fourth-order valence-electron chi connectivity index (χ4n) is 2.94. The summed E-state index contributed by atoms with van der Waals surface area (Å²) in [4.78, 5) is 21.2. The van der Waals surface area contributed by atoms with E-state index >= 15 is 0 Å². The Morgan fingerprint density at radius 2 is 1.96 bits per heavy atom. The maximum absolute atomic E-state index is 13.4. The van der Waals surface area contributed by atoms with E-state index in [1.165, 1.54) is 25.0 Å². The third kappa shape index (κ3) is 3.71. The maximum Gasteiger partial charge on any atom is 0.277 e. The average molecular weight is 380 g/mol. The van der Waals surface area contributed by atoms with Crippen molar-refractivity contribution in [1.29, 1.82) is 0 Å². The summed E-state index contributed by atoms with van der Waals surface area (Å²) in [5.41, 5.74) is 2.78. The highest BCUT2D eigenvalue weighted by Gasteiger charge is 2.27. The van der Waals surface area contributed by atoms with Crippen LogP contribution in [0.4, 0.5) is 21.7 Å². The van der Waals surface area contributed by atoms with Gasteiger partial charge in [-0.1, -0.05) is 0 Å². The molecule has 0 atom stereocenters. The molecule has 4 rings (SSSR count). The molecule has 1 aliphatic carbocycles. The lowest BCUT2D eigenvalue weighted by Crippen LogP contribution is -2.17. The Balaban J connectivity index is 1.60. The minimum absolute atomic E-state index is 0.218. The first-order valence-electron chi connectivity index (χ1n) is 9.14. The van der Waals surface area contributed by atoms with Crippen molar-refractivity contribution in [2.24, 2.45) is 7.05 Å². The summed E-state index contributed by atoms with van der Waals surface area (Å²) in [7, 11) is 1.86. The van der Waals surface area contributed by atoms with Gasteiger partial charge in [0.1, 0.15) is 17.5 Å². The highest BCUT2D eigenvalue weighted by atomic mass is 19.1. The molecule has 0 saturated heterocycles. The molecule has 7 nitrogen and oxygen atoms in total. The van der Waals surface area contributed by atoms with E-state index in [1.807, 2.05) is 32.2 Å². The summed E-state index contributed by atoms with van der Waals surface area (Å²) in [6.07, 6.45) is 2.33. The second kappa shape index (κ2) is 7.03. The second-order valence-corrected chi connectivity index (χ2v) is 7.04. The van der Waals surface area contributed by atoms with Crippen LogP contribution in [-0.2, 0) is 7.05 Å². The van der Waals surface area contributed by atoms with Crippen molar-refractivity contribution in [3.05, 3.63) is 58.9 Å². The van der Waals surface area contributed by atoms with Gasteiger partial charge in [0.05, 0.1) is 17.1 Å². The number of rotatable bonds is 5. The highest BCUT2D eigenvalue weighted by Crippen LogP contribution is 2.40. The normalized spacial score (nSPS) is 13.4. The van der Waals surface area contributed by atoms with Crippen molar-refractivity contribution < 1.29 is 9.18 Å². The molecule has 3 aromatic rings. The van der Waals surface area contributed by atoms with Crippen LogP contribution in [0.5, 0.6) is 0 Å². The zero-order valence-corrected chi connectivity index (χ0v) is 16.0. The summed E-state index contributed by atoms with van der Waals surface area (Å²) in [5.74, 6) is 0.756. The first kappa shape index (κ1) is 18.1. The van der Waals surface area contributed by atoms with Gasteiger partial charge >= 0.3 is 0 Å². The summed E-state index contributed by atoms with van der Waals surface area (Å²) < 4.78 is 15.2. The molecule has 0 aromatic carbocycles. The largest absolute Gasteiger partial charge is 0.339 e. The van der Waals surface area contributed by atoms with Crippen LogP contribution in [0.25, 0.3) is 0 Å². The summed E-state index contributed by atoms with van der Waals surface area (Å²) in [5, 5.41) is 10.5. The van der Waals surface area contributed by atoms with Gasteiger partial charge in [0.2, 0.25) is 0 Å². The Bertz CT molecular complexity index is 1060. The molecule has 3 heterocycles. The molecule has 8 heteroatoms. The van der Waals surface area contributed by atoms with E-state index in [0.29, 0.717) is 17.3 Å². The third-order valence-corrected chi connectivity index (χ3v) is 4.67. The minimum Gasteiger partial charge on any atom is -0.339 e. The monoisotopic (exact) mass is 380 g/mol. The van der Waals surface area contributed by atoms with Gasteiger partial charge in [-0.2, -0.15) is 5.10 Å². The number of hydrogen-bond donors (Lipinski definition) is 2. The number of amides is 1. The summed E-state index contributed by atoms with van der Waals surface area (Å²) >= 11 is 0. The SMILES string of the molecule is Cc1ccc(Nc2cc(C3CC3)nn2C)c(C(=O)Nc2ccc(F)c(C)n2)n1. The average Bonchev–Trinajstić information content (AvgIpc) is 3.44. The lowest BCUT2D eigenvalue weighted by atomic mass is 10.2. The van der Waals surface area contributed by atoms with E-state index in [4.69, 9.17) is 0 Å². The number of hydrogen-bond acceptors (Lipinski definition) is 5. The van der Waals surface area contributed by atoms with Crippen molar-refractivity contribution in [3.63, 3.8) is 0 Å². The highest BCUT2D eigenvalue weighted by molar-refractivity contribution is 6.06. The maximum atomic E-state index is 13.4. The van der Waals surface area contributed by atoms with E-state index in [0.717, 1.165) is 11.5 Å². The Morgan fingerprint density at radius 1 is 1.18 bits per heavy atom. The molecule has 0 spiro atoms. The Labute approximate surface area is 162 Å². The molecular formula is C20H21FN6O. The van der Waals surface area contributed by atoms with Gasteiger partial charge in [0.15, 0.2) is 5.69 Å². The van der Waals surface area contributed by atoms with E-state index < -0.39 is 11.7 Å². The van der Waals surface area contributed by atoms with Crippen molar-refractivity contribution in [2.45, 2.75) is 32.6 Å².